The quantitative estimate of drug-likeness (QED) is 0.663. The minimum Gasteiger partial charge on any atom is -0.369 e. The molecule has 0 aliphatic heterocycles. The first kappa shape index (κ1) is 14.5. The van der Waals surface area contributed by atoms with Crippen molar-refractivity contribution >= 4 is 27.4 Å². The highest BCUT2D eigenvalue weighted by Gasteiger charge is 2.11. The zero-order chi connectivity index (χ0) is 14.5. The molecule has 1 unspecified atom stereocenters. The Hall–Kier alpha value is -1.95. The first-order valence-corrected chi connectivity index (χ1v) is 6.96. The van der Waals surface area contributed by atoms with Gasteiger partial charge in [0.25, 0.3) is 5.69 Å². The number of aromatic nitrogens is 1. The molecule has 1 atom stereocenters. The Balaban J connectivity index is 2.02. The second kappa shape index (κ2) is 6.47. The minimum atomic E-state index is -0.464. The predicted molar refractivity (Wildman–Crippen MR) is 81.9 cm³/mol. The standard InChI is InChI=1S/C14H14BrN3O2/c1-10(11-5-3-2-4-6-11)8-16-14-13(15)7-12(9-17-14)18(19)20/h2-7,9-10H,8H2,1H3,(H,16,17). The Morgan fingerprint density at radius 3 is 2.70 bits per heavy atom. The van der Waals surface area contributed by atoms with E-state index in [4.69, 9.17) is 0 Å². The number of halogens is 1. The first-order valence-electron chi connectivity index (χ1n) is 6.16. The summed E-state index contributed by atoms with van der Waals surface area (Å²) in [5, 5.41) is 13.8. The molecule has 0 fully saturated rings. The van der Waals surface area contributed by atoms with Gasteiger partial charge in [0.1, 0.15) is 12.0 Å². The van der Waals surface area contributed by atoms with Gasteiger partial charge in [0, 0.05) is 12.6 Å². The SMILES string of the molecule is CC(CNc1ncc([N+](=O)[O-])cc1Br)c1ccccc1. The normalized spacial score (nSPS) is 11.9. The molecule has 0 aliphatic carbocycles. The van der Waals surface area contributed by atoms with Crippen LogP contribution in [-0.2, 0) is 0 Å². The third-order valence-corrected chi connectivity index (χ3v) is 3.59. The van der Waals surface area contributed by atoms with Crippen LogP contribution in [0.15, 0.2) is 47.1 Å². The number of hydrogen-bond donors (Lipinski definition) is 1. The van der Waals surface area contributed by atoms with Crippen LogP contribution in [-0.4, -0.2) is 16.5 Å². The van der Waals surface area contributed by atoms with Gasteiger partial charge in [-0.15, -0.1) is 0 Å². The van der Waals surface area contributed by atoms with Gasteiger partial charge in [-0.2, -0.15) is 0 Å². The van der Waals surface area contributed by atoms with Gasteiger partial charge < -0.3 is 5.32 Å². The van der Waals surface area contributed by atoms with Crippen LogP contribution in [0.3, 0.4) is 0 Å². The van der Waals surface area contributed by atoms with Gasteiger partial charge >= 0.3 is 0 Å². The number of nitrogens with zero attached hydrogens (tertiary/aromatic N) is 2. The van der Waals surface area contributed by atoms with Crippen molar-refractivity contribution in [2.75, 3.05) is 11.9 Å². The van der Waals surface area contributed by atoms with Crippen molar-refractivity contribution < 1.29 is 4.92 Å². The van der Waals surface area contributed by atoms with Crippen molar-refractivity contribution in [2.45, 2.75) is 12.8 Å². The molecule has 1 N–H and O–H groups in total. The van der Waals surface area contributed by atoms with E-state index in [1.165, 1.54) is 17.8 Å². The Kier molecular flexibility index (Phi) is 4.68. The molecule has 0 saturated heterocycles. The molecule has 0 spiro atoms. The average Bonchev–Trinajstić information content (AvgIpc) is 2.46. The van der Waals surface area contributed by atoms with Crippen LogP contribution in [0.25, 0.3) is 0 Å². The van der Waals surface area contributed by atoms with E-state index in [0.29, 0.717) is 22.8 Å². The summed E-state index contributed by atoms with van der Waals surface area (Å²) in [6.07, 6.45) is 1.25. The van der Waals surface area contributed by atoms with Crippen molar-refractivity contribution in [3.05, 3.63) is 62.7 Å². The Morgan fingerprint density at radius 2 is 2.10 bits per heavy atom. The van der Waals surface area contributed by atoms with Crippen molar-refractivity contribution in [1.82, 2.24) is 4.98 Å². The van der Waals surface area contributed by atoms with Crippen LogP contribution in [0.2, 0.25) is 0 Å². The Labute approximate surface area is 125 Å². The van der Waals surface area contributed by atoms with Crippen molar-refractivity contribution in [1.29, 1.82) is 0 Å². The molecule has 5 nitrogen and oxygen atoms in total. The van der Waals surface area contributed by atoms with E-state index in [1.807, 2.05) is 18.2 Å². The molecule has 6 heteroatoms. The number of pyridine rings is 1. The lowest BCUT2D eigenvalue weighted by atomic mass is 10.0. The van der Waals surface area contributed by atoms with Gasteiger partial charge in [0.15, 0.2) is 0 Å². The van der Waals surface area contributed by atoms with E-state index in [1.54, 1.807) is 0 Å². The van der Waals surface area contributed by atoms with Crippen LogP contribution < -0.4 is 5.32 Å². The second-order valence-corrected chi connectivity index (χ2v) is 5.33. The molecule has 1 aromatic carbocycles. The highest BCUT2D eigenvalue weighted by atomic mass is 79.9. The molecule has 0 radical (unpaired) electrons. The summed E-state index contributed by atoms with van der Waals surface area (Å²) in [5.74, 6) is 0.929. The molecular formula is C14H14BrN3O2. The summed E-state index contributed by atoms with van der Waals surface area (Å²) in [6.45, 7) is 2.81. The maximum Gasteiger partial charge on any atom is 0.288 e. The summed E-state index contributed by atoms with van der Waals surface area (Å²) in [7, 11) is 0. The summed E-state index contributed by atoms with van der Waals surface area (Å²) < 4.78 is 0.590. The van der Waals surface area contributed by atoms with Gasteiger partial charge in [-0.25, -0.2) is 4.98 Å². The molecule has 0 aliphatic rings. The van der Waals surface area contributed by atoms with E-state index in [9.17, 15) is 10.1 Å². The molecule has 104 valence electrons. The van der Waals surface area contributed by atoms with Gasteiger partial charge in [0.2, 0.25) is 0 Å². The first-order chi connectivity index (χ1) is 9.58. The van der Waals surface area contributed by atoms with E-state index < -0.39 is 4.92 Å². The van der Waals surface area contributed by atoms with Crippen LogP contribution in [0.1, 0.15) is 18.4 Å². The number of anilines is 1. The number of hydrogen-bond acceptors (Lipinski definition) is 4. The van der Waals surface area contributed by atoms with E-state index >= 15 is 0 Å². The van der Waals surface area contributed by atoms with Crippen LogP contribution in [0.5, 0.6) is 0 Å². The Morgan fingerprint density at radius 1 is 1.40 bits per heavy atom. The molecule has 0 amide bonds. The van der Waals surface area contributed by atoms with Crippen molar-refractivity contribution in [3.8, 4) is 0 Å². The lowest BCUT2D eigenvalue weighted by Gasteiger charge is -2.14. The number of rotatable bonds is 5. The molecule has 1 aromatic heterocycles. The third kappa shape index (κ3) is 3.54. The van der Waals surface area contributed by atoms with E-state index in [0.717, 1.165) is 0 Å². The number of benzene rings is 1. The summed E-state index contributed by atoms with van der Waals surface area (Å²) in [6, 6.07) is 11.6. The number of nitrogens with one attached hydrogen (secondary N) is 1. The van der Waals surface area contributed by atoms with Crippen LogP contribution in [0.4, 0.5) is 11.5 Å². The van der Waals surface area contributed by atoms with Crippen LogP contribution in [0, 0.1) is 10.1 Å². The van der Waals surface area contributed by atoms with Gasteiger partial charge in [-0.3, -0.25) is 10.1 Å². The fourth-order valence-electron chi connectivity index (χ4n) is 1.81. The molecule has 2 rings (SSSR count). The van der Waals surface area contributed by atoms with Gasteiger partial charge in [-0.05, 0) is 27.4 Å². The predicted octanol–water partition coefficient (Wildman–Crippen LogP) is 3.97. The lowest BCUT2D eigenvalue weighted by Crippen LogP contribution is -2.11. The smallest absolute Gasteiger partial charge is 0.288 e. The van der Waals surface area contributed by atoms with E-state index in [-0.39, 0.29) is 5.69 Å². The topological polar surface area (TPSA) is 68.1 Å². The summed E-state index contributed by atoms with van der Waals surface area (Å²) >= 11 is 3.29. The lowest BCUT2D eigenvalue weighted by molar-refractivity contribution is -0.385. The van der Waals surface area contributed by atoms with Crippen molar-refractivity contribution in [3.63, 3.8) is 0 Å². The highest BCUT2D eigenvalue weighted by molar-refractivity contribution is 9.10. The highest BCUT2D eigenvalue weighted by Crippen LogP contribution is 2.25. The van der Waals surface area contributed by atoms with Gasteiger partial charge in [0.05, 0.1) is 9.40 Å². The molecule has 0 bridgehead atoms. The van der Waals surface area contributed by atoms with Gasteiger partial charge in [-0.1, -0.05) is 37.3 Å². The van der Waals surface area contributed by atoms with E-state index in [2.05, 4.69) is 45.3 Å². The largest absolute Gasteiger partial charge is 0.369 e. The summed E-state index contributed by atoms with van der Waals surface area (Å²) in [4.78, 5) is 14.2. The third-order valence-electron chi connectivity index (χ3n) is 2.98. The molecular weight excluding hydrogens is 322 g/mol. The minimum absolute atomic E-state index is 0.0291. The molecule has 2 aromatic rings. The fraction of sp³-hybridized carbons (Fsp3) is 0.214. The fourth-order valence-corrected chi connectivity index (χ4v) is 2.28. The Bertz CT molecular complexity index is 605. The monoisotopic (exact) mass is 335 g/mol. The zero-order valence-corrected chi connectivity index (χ0v) is 12.5. The molecule has 20 heavy (non-hydrogen) atoms. The molecule has 0 saturated carbocycles. The zero-order valence-electron chi connectivity index (χ0n) is 10.9. The summed E-state index contributed by atoms with van der Waals surface area (Å²) in [5.41, 5.74) is 1.21. The van der Waals surface area contributed by atoms with Crippen molar-refractivity contribution in [2.24, 2.45) is 0 Å². The molecule has 1 heterocycles. The average molecular weight is 336 g/mol. The van der Waals surface area contributed by atoms with Crippen LogP contribution >= 0.6 is 15.9 Å². The number of nitro groups is 1. The maximum atomic E-state index is 10.6. The second-order valence-electron chi connectivity index (χ2n) is 4.47. The maximum absolute atomic E-state index is 10.6.